The van der Waals surface area contributed by atoms with Gasteiger partial charge in [-0.1, -0.05) is 12.7 Å². The number of carbonyl (C=O) groups is 2. The van der Waals surface area contributed by atoms with Crippen LogP contribution in [0.2, 0.25) is 0 Å². The number of carbonyl (C=O) groups excluding carboxylic acids is 2. The largest absolute Gasteiger partial charge is 0.480 e. The molecule has 1 aliphatic heterocycles. The Morgan fingerprint density at radius 3 is 2.62 bits per heavy atom. The number of rotatable bonds is 8. The van der Waals surface area contributed by atoms with Gasteiger partial charge in [-0.25, -0.2) is 13.7 Å². The lowest BCUT2D eigenvalue weighted by Crippen LogP contribution is -2.50. The molecular formula is C23H29FN4O3S. The van der Waals surface area contributed by atoms with Crippen LogP contribution in [0.5, 0.6) is 0 Å². The SMILES string of the molecule is C=CC(=O)N(CC(=O)N1CCN(Sc2ccc(F)c(C(=N/C=C\C)OC)c2)CC1)C1CC1. The molecule has 1 saturated carbocycles. The molecule has 0 spiro atoms. The lowest BCUT2D eigenvalue weighted by atomic mass is 10.2. The van der Waals surface area contributed by atoms with Crippen molar-refractivity contribution in [2.75, 3.05) is 39.8 Å². The summed E-state index contributed by atoms with van der Waals surface area (Å²) in [5, 5.41) is 0. The number of hydrogen-bond donors (Lipinski definition) is 0. The van der Waals surface area contributed by atoms with Gasteiger partial charge >= 0.3 is 0 Å². The summed E-state index contributed by atoms with van der Waals surface area (Å²) in [6.45, 7) is 7.96. The summed E-state index contributed by atoms with van der Waals surface area (Å²) in [5.74, 6) is -0.404. The third kappa shape index (κ3) is 6.20. The van der Waals surface area contributed by atoms with E-state index < -0.39 is 5.82 Å². The number of amides is 2. The summed E-state index contributed by atoms with van der Waals surface area (Å²) in [6, 6.07) is 5.02. The minimum atomic E-state index is -0.399. The fourth-order valence-corrected chi connectivity index (χ4v) is 4.36. The highest BCUT2D eigenvalue weighted by atomic mass is 32.2. The normalized spacial score (nSPS) is 17.5. The first-order chi connectivity index (χ1) is 15.5. The molecule has 172 valence electrons. The molecule has 0 N–H and O–H groups in total. The molecule has 7 nitrogen and oxygen atoms in total. The number of allylic oxidation sites excluding steroid dienone is 1. The van der Waals surface area contributed by atoms with Crippen LogP contribution in [0.15, 0.2) is 53.0 Å². The van der Waals surface area contributed by atoms with E-state index in [0.717, 1.165) is 17.7 Å². The van der Waals surface area contributed by atoms with Gasteiger partial charge < -0.3 is 14.5 Å². The van der Waals surface area contributed by atoms with Crippen LogP contribution in [0.3, 0.4) is 0 Å². The lowest BCUT2D eigenvalue weighted by Gasteiger charge is -2.35. The minimum absolute atomic E-state index is 0.0363. The zero-order chi connectivity index (χ0) is 23.1. The molecule has 32 heavy (non-hydrogen) atoms. The van der Waals surface area contributed by atoms with E-state index >= 15 is 0 Å². The Balaban J connectivity index is 1.57. The number of benzene rings is 1. The molecule has 3 rings (SSSR count). The van der Waals surface area contributed by atoms with Crippen LogP contribution in [0, 0.1) is 5.82 Å². The van der Waals surface area contributed by atoms with E-state index in [2.05, 4.69) is 15.9 Å². The van der Waals surface area contributed by atoms with E-state index in [1.807, 2.05) is 6.92 Å². The van der Waals surface area contributed by atoms with Crippen LogP contribution < -0.4 is 0 Å². The number of hydrogen-bond acceptors (Lipinski definition) is 6. The Morgan fingerprint density at radius 2 is 2.03 bits per heavy atom. The molecule has 0 atom stereocenters. The van der Waals surface area contributed by atoms with Gasteiger partial charge in [0.05, 0.1) is 12.7 Å². The summed E-state index contributed by atoms with van der Waals surface area (Å²) in [7, 11) is 1.46. The summed E-state index contributed by atoms with van der Waals surface area (Å²) < 4.78 is 21.7. The van der Waals surface area contributed by atoms with Gasteiger partial charge in [0, 0.05) is 43.3 Å². The Bertz CT molecular complexity index is 909. The highest BCUT2D eigenvalue weighted by Crippen LogP contribution is 2.28. The Morgan fingerprint density at radius 1 is 1.31 bits per heavy atom. The zero-order valence-electron chi connectivity index (χ0n) is 18.5. The van der Waals surface area contributed by atoms with Crippen molar-refractivity contribution >= 4 is 29.7 Å². The third-order valence-corrected chi connectivity index (χ3v) is 6.37. The van der Waals surface area contributed by atoms with Gasteiger partial charge in [-0.3, -0.25) is 9.59 Å². The van der Waals surface area contributed by atoms with Crippen molar-refractivity contribution in [1.29, 1.82) is 0 Å². The molecule has 1 aliphatic carbocycles. The molecule has 1 aromatic rings. The molecule has 9 heteroatoms. The van der Waals surface area contributed by atoms with Gasteiger partial charge in [0.1, 0.15) is 12.4 Å². The van der Waals surface area contributed by atoms with Crippen LogP contribution in [0.25, 0.3) is 0 Å². The number of halogens is 1. The first kappa shape index (κ1) is 24.0. The maximum Gasteiger partial charge on any atom is 0.246 e. The fourth-order valence-electron chi connectivity index (χ4n) is 3.41. The van der Waals surface area contributed by atoms with E-state index in [1.54, 1.807) is 34.2 Å². The van der Waals surface area contributed by atoms with E-state index in [0.29, 0.717) is 31.7 Å². The number of piperazine rings is 1. The predicted octanol–water partition coefficient (Wildman–Crippen LogP) is 3.08. The van der Waals surface area contributed by atoms with Gasteiger partial charge in [-0.15, -0.1) is 0 Å². The molecule has 1 heterocycles. The number of ether oxygens (including phenoxy) is 1. The summed E-state index contributed by atoms with van der Waals surface area (Å²) in [4.78, 5) is 33.2. The first-order valence-corrected chi connectivity index (χ1v) is 11.4. The average molecular weight is 461 g/mol. The van der Waals surface area contributed by atoms with Gasteiger partial charge in [0.25, 0.3) is 0 Å². The molecule has 1 saturated heterocycles. The molecule has 2 amide bonds. The van der Waals surface area contributed by atoms with Crippen molar-refractivity contribution in [3.8, 4) is 0 Å². The third-order valence-electron chi connectivity index (χ3n) is 5.28. The standard InChI is InChI=1S/C23H29FN4O3S/c1-4-10-25-23(31-3)19-15-18(8-9-20(19)24)32-27-13-11-26(12-14-27)22(30)16-28(17-6-7-17)21(29)5-2/h4-5,8-10,15,17H,2,6-7,11-14,16H2,1,3H3/b10-4-,25-23?. The van der Waals surface area contributed by atoms with Crippen LogP contribution in [-0.4, -0.2) is 77.7 Å². The van der Waals surface area contributed by atoms with Crippen molar-refractivity contribution in [3.63, 3.8) is 0 Å². The first-order valence-electron chi connectivity index (χ1n) is 10.6. The van der Waals surface area contributed by atoms with Crippen molar-refractivity contribution < 1.29 is 18.7 Å². The summed E-state index contributed by atoms with van der Waals surface area (Å²) in [6.07, 6.45) is 6.46. The Hall–Kier alpha value is -2.65. The van der Waals surface area contributed by atoms with Gasteiger partial charge in [-0.2, -0.15) is 0 Å². The molecule has 2 aliphatic rings. The summed E-state index contributed by atoms with van der Waals surface area (Å²) in [5.41, 5.74) is 0.302. The van der Waals surface area contributed by atoms with E-state index in [1.165, 1.54) is 31.2 Å². The van der Waals surface area contributed by atoms with Crippen LogP contribution in [0.4, 0.5) is 4.39 Å². The monoisotopic (exact) mass is 460 g/mol. The molecular weight excluding hydrogens is 431 g/mol. The smallest absolute Gasteiger partial charge is 0.246 e. The topological polar surface area (TPSA) is 65.5 Å². The van der Waals surface area contributed by atoms with E-state index in [-0.39, 0.29) is 30.3 Å². The van der Waals surface area contributed by atoms with Gasteiger partial charge in [0.2, 0.25) is 17.7 Å². The quantitative estimate of drug-likeness (QED) is 0.258. The van der Waals surface area contributed by atoms with E-state index in [9.17, 15) is 14.0 Å². The van der Waals surface area contributed by atoms with Gasteiger partial charge in [-0.05, 0) is 56.0 Å². The number of nitrogens with zero attached hydrogens (tertiary/aromatic N) is 4. The van der Waals surface area contributed by atoms with Crippen LogP contribution in [0.1, 0.15) is 25.3 Å². The van der Waals surface area contributed by atoms with Crippen molar-refractivity contribution in [1.82, 2.24) is 14.1 Å². The van der Waals surface area contributed by atoms with Gasteiger partial charge in [0.15, 0.2) is 0 Å². The average Bonchev–Trinajstić information content (AvgIpc) is 3.65. The minimum Gasteiger partial charge on any atom is -0.480 e. The molecule has 1 aromatic carbocycles. The predicted molar refractivity (Wildman–Crippen MR) is 124 cm³/mol. The Kier molecular flexibility index (Phi) is 8.46. The molecule has 0 unspecified atom stereocenters. The zero-order valence-corrected chi connectivity index (χ0v) is 19.3. The van der Waals surface area contributed by atoms with E-state index in [4.69, 9.17) is 4.74 Å². The second-order valence-corrected chi connectivity index (χ2v) is 8.74. The van der Waals surface area contributed by atoms with Crippen molar-refractivity contribution in [2.24, 2.45) is 4.99 Å². The lowest BCUT2D eigenvalue weighted by molar-refractivity contribution is -0.139. The highest BCUT2D eigenvalue weighted by molar-refractivity contribution is 7.97. The number of methoxy groups -OCH3 is 1. The van der Waals surface area contributed by atoms with Crippen LogP contribution >= 0.6 is 11.9 Å². The molecule has 0 radical (unpaired) electrons. The maximum absolute atomic E-state index is 14.3. The van der Waals surface area contributed by atoms with Crippen LogP contribution in [-0.2, 0) is 14.3 Å². The summed E-state index contributed by atoms with van der Waals surface area (Å²) >= 11 is 1.51. The van der Waals surface area contributed by atoms with Crippen molar-refractivity contribution in [2.45, 2.75) is 30.7 Å². The second kappa shape index (κ2) is 11.3. The van der Waals surface area contributed by atoms with Crippen molar-refractivity contribution in [3.05, 3.63) is 54.5 Å². The fraction of sp³-hybridized carbons (Fsp3) is 0.435. The molecule has 0 aromatic heterocycles. The Labute approximate surface area is 192 Å². The number of aliphatic imine (C=N–C) groups is 1. The molecule has 0 bridgehead atoms. The molecule has 2 fully saturated rings. The highest BCUT2D eigenvalue weighted by Gasteiger charge is 2.34. The maximum atomic E-state index is 14.3. The second-order valence-electron chi connectivity index (χ2n) is 7.56.